The lowest BCUT2D eigenvalue weighted by atomic mass is 10.0. The van der Waals surface area contributed by atoms with Gasteiger partial charge in [0.15, 0.2) is 0 Å². The van der Waals surface area contributed by atoms with Gasteiger partial charge in [0.05, 0.1) is 0 Å². The first-order valence-electron chi connectivity index (χ1n) is 7.11. The minimum atomic E-state index is -0.352. The number of nitrogens with zero attached hydrogens (tertiary/aromatic N) is 1. The van der Waals surface area contributed by atoms with Crippen molar-refractivity contribution in [3.63, 3.8) is 0 Å². The van der Waals surface area contributed by atoms with Crippen molar-refractivity contribution in [3.05, 3.63) is 59.7 Å². The standard InChI is InChI=1S/C16H17FN4O/c1-10-7-12(17)4-5-13(10)19-16(22)15-8-14(20-21-15)11-3-2-6-18-9-11/h2-7,9,14-15,20-21H,8H2,1H3,(H,19,22). The van der Waals surface area contributed by atoms with Crippen LogP contribution >= 0.6 is 0 Å². The van der Waals surface area contributed by atoms with Gasteiger partial charge in [-0.1, -0.05) is 6.07 Å². The van der Waals surface area contributed by atoms with E-state index in [1.807, 2.05) is 12.1 Å². The second kappa shape index (κ2) is 6.21. The highest BCUT2D eigenvalue weighted by Crippen LogP contribution is 2.23. The van der Waals surface area contributed by atoms with Crippen LogP contribution in [0.5, 0.6) is 0 Å². The molecule has 114 valence electrons. The zero-order chi connectivity index (χ0) is 15.5. The zero-order valence-electron chi connectivity index (χ0n) is 12.1. The Kier molecular flexibility index (Phi) is 4.13. The molecule has 2 unspecified atom stereocenters. The molecule has 3 N–H and O–H groups in total. The minimum Gasteiger partial charge on any atom is -0.324 e. The molecule has 1 saturated heterocycles. The molecule has 1 fully saturated rings. The highest BCUT2D eigenvalue weighted by molar-refractivity contribution is 5.95. The average Bonchev–Trinajstić information content (AvgIpc) is 3.01. The predicted molar refractivity (Wildman–Crippen MR) is 81.4 cm³/mol. The maximum atomic E-state index is 13.1. The lowest BCUT2D eigenvalue weighted by Gasteiger charge is -2.12. The largest absolute Gasteiger partial charge is 0.324 e. The van der Waals surface area contributed by atoms with Crippen LogP contribution in [0, 0.1) is 12.7 Å². The number of hydrogen-bond acceptors (Lipinski definition) is 4. The Balaban J connectivity index is 1.64. The first kappa shape index (κ1) is 14.6. The fraction of sp³-hybridized carbons (Fsp3) is 0.250. The van der Waals surface area contributed by atoms with E-state index in [-0.39, 0.29) is 23.8 Å². The molecule has 1 aliphatic rings. The fourth-order valence-electron chi connectivity index (χ4n) is 2.52. The van der Waals surface area contributed by atoms with Crippen LogP contribution in [0.1, 0.15) is 23.6 Å². The number of carbonyl (C=O) groups excluding carboxylic acids is 1. The van der Waals surface area contributed by atoms with E-state index in [0.29, 0.717) is 17.7 Å². The van der Waals surface area contributed by atoms with Crippen LogP contribution in [0.15, 0.2) is 42.7 Å². The Morgan fingerprint density at radius 3 is 2.95 bits per heavy atom. The predicted octanol–water partition coefficient (Wildman–Crippen LogP) is 2.08. The molecule has 0 aliphatic carbocycles. The van der Waals surface area contributed by atoms with E-state index in [4.69, 9.17) is 0 Å². The number of carbonyl (C=O) groups is 1. The van der Waals surface area contributed by atoms with Gasteiger partial charge < -0.3 is 5.32 Å². The van der Waals surface area contributed by atoms with Crippen molar-refractivity contribution in [2.75, 3.05) is 5.32 Å². The van der Waals surface area contributed by atoms with Gasteiger partial charge in [0.1, 0.15) is 11.9 Å². The molecule has 0 radical (unpaired) electrons. The molecule has 22 heavy (non-hydrogen) atoms. The lowest BCUT2D eigenvalue weighted by molar-refractivity contribution is -0.117. The minimum absolute atomic E-state index is 0.0405. The average molecular weight is 300 g/mol. The smallest absolute Gasteiger partial charge is 0.242 e. The summed E-state index contributed by atoms with van der Waals surface area (Å²) in [7, 11) is 0. The number of nitrogens with one attached hydrogen (secondary N) is 3. The summed E-state index contributed by atoms with van der Waals surface area (Å²) in [6, 6.07) is 7.83. The number of anilines is 1. The Morgan fingerprint density at radius 1 is 1.36 bits per heavy atom. The van der Waals surface area contributed by atoms with Gasteiger partial charge in [-0.05, 0) is 48.7 Å². The SMILES string of the molecule is Cc1cc(F)ccc1NC(=O)C1CC(c2cccnc2)NN1. The summed E-state index contributed by atoms with van der Waals surface area (Å²) < 4.78 is 13.1. The summed E-state index contributed by atoms with van der Waals surface area (Å²) in [6.07, 6.45) is 4.12. The third-order valence-electron chi connectivity index (χ3n) is 3.75. The van der Waals surface area contributed by atoms with Crippen LogP contribution in [0.4, 0.5) is 10.1 Å². The van der Waals surface area contributed by atoms with Crippen molar-refractivity contribution in [3.8, 4) is 0 Å². The van der Waals surface area contributed by atoms with Gasteiger partial charge in [-0.15, -0.1) is 0 Å². The van der Waals surface area contributed by atoms with E-state index in [1.54, 1.807) is 25.4 Å². The van der Waals surface area contributed by atoms with Crippen molar-refractivity contribution in [2.24, 2.45) is 0 Å². The van der Waals surface area contributed by atoms with E-state index < -0.39 is 0 Å². The summed E-state index contributed by atoms with van der Waals surface area (Å²) in [4.78, 5) is 16.4. The van der Waals surface area contributed by atoms with Crippen LogP contribution in [0.25, 0.3) is 0 Å². The molecule has 1 aromatic carbocycles. The van der Waals surface area contributed by atoms with E-state index in [1.165, 1.54) is 12.1 Å². The van der Waals surface area contributed by atoms with Crippen LogP contribution in [0.3, 0.4) is 0 Å². The number of rotatable bonds is 3. The second-order valence-corrected chi connectivity index (χ2v) is 5.36. The Hall–Kier alpha value is -2.31. The molecule has 2 atom stereocenters. The molecule has 6 heteroatoms. The molecule has 0 saturated carbocycles. The van der Waals surface area contributed by atoms with Crippen LogP contribution < -0.4 is 16.2 Å². The Labute approximate surface area is 127 Å². The van der Waals surface area contributed by atoms with Crippen molar-refractivity contribution in [2.45, 2.75) is 25.4 Å². The van der Waals surface area contributed by atoms with E-state index in [2.05, 4.69) is 21.2 Å². The first-order chi connectivity index (χ1) is 10.6. The van der Waals surface area contributed by atoms with Crippen molar-refractivity contribution >= 4 is 11.6 Å². The van der Waals surface area contributed by atoms with Gasteiger partial charge in [-0.2, -0.15) is 0 Å². The maximum Gasteiger partial charge on any atom is 0.242 e. The molecule has 5 nitrogen and oxygen atoms in total. The molecule has 1 amide bonds. The fourth-order valence-corrected chi connectivity index (χ4v) is 2.52. The summed E-state index contributed by atoms with van der Waals surface area (Å²) >= 11 is 0. The molecule has 1 aliphatic heterocycles. The molecule has 1 aromatic heterocycles. The molecule has 0 spiro atoms. The maximum absolute atomic E-state index is 13.1. The second-order valence-electron chi connectivity index (χ2n) is 5.36. The number of hydrogen-bond donors (Lipinski definition) is 3. The number of halogens is 1. The lowest BCUT2D eigenvalue weighted by Crippen LogP contribution is -2.39. The van der Waals surface area contributed by atoms with Gasteiger partial charge in [0.2, 0.25) is 5.91 Å². The molecular formula is C16H17FN4O. The highest BCUT2D eigenvalue weighted by atomic mass is 19.1. The van der Waals surface area contributed by atoms with Crippen molar-refractivity contribution in [1.82, 2.24) is 15.8 Å². The number of aromatic nitrogens is 1. The molecule has 2 aromatic rings. The van der Waals surface area contributed by atoms with Gasteiger partial charge in [-0.25, -0.2) is 15.2 Å². The Bertz CT molecular complexity index is 677. The van der Waals surface area contributed by atoms with E-state index in [9.17, 15) is 9.18 Å². The van der Waals surface area contributed by atoms with Crippen LogP contribution in [-0.2, 0) is 4.79 Å². The number of pyridine rings is 1. The highest BCUT2D eigenvalue weighted by Gasteiger charge is 2.30. The summed E-state index contributed by atoms with van der Waals surface area (Å²) in [6.45, 7) is 1.76. The first-order valence-corrected chi connectivity index (χ1v) is 7.11. The van der Waals surface area contributed by atoms with Gasteiger partial charge in [0, 0.05) is 24.1 Å². The number of amides is 1. The summed E-state index contributed by atoms with van der Waals surface area (Å²) in [5.41, 5.74) is 8.45. The van der Waals surface area contributed by atoms with Gasteiger partial charge in [-0.3, -0.25) is 9.78 Å². The zero-order valence-corrected chi connectivity index (χ0v) is 12.1. The summed E-state index contributed by atoms with van der Waals surface area (Å²) in [5.74, 6) is -0.457. The van der Waals surface area contributed by atoms with Crippen molar-refractivity contribution in [1.29, 1.82) is 0 Å². The number of benzene rings is 1. The van der Waals surface area contributed by atoms with Crippen LogP contribution in [0.2, 0.25) is 0 Å². The number of hydrazine groups is 1. The normalized spacial score (nSPS) is 20.8. The molecule has 2 heterocycles. The topological polar surface area (TPSA) is 66.0 Å². The third-order valence-corrected chi connectivity index (χ3v) is 3.75. The van der Waals surface area contributed by atoms with E-state index >= 15 is 0 Å². The van der Waals surface area contributed by atoms with E-state index in [0.717, 1.165) is 5.56 Å². The molecule has 0 bridgehead atoms. The number of aryl methyl sites for hydroxylation is 1. The quantitative estimate of drug-likeness (QED) is 0.812. The molecule has 3 rings (SSSR count). The molecular weight excluding hydrogens is 283 g/mol. The van der Waals surface area contributed by atoms with Crippen LogP contribution in [-0.4, -0.2) is 16.9 Å². The third kappa shape index (κ3) is 3.13. The van der Waals surface area contributed by atoms with Gasteiger partial charge in [0.25, 0.3) is 0 Å². The Morgan fingerprint density at radius 2 is 2.23 bits per heavy atom. The van der Waals surface area contributed by atoms with Crippen molar-refractivity contribution < 1.29 is 9.18 Å². The van der Waals surface area contributed by atoms with Gasteiger partial charge >= 0.3 is 0 Å². The summed E-state index contributed by atoms with van der Waals surface area (Å²) in [5, 5.41) is 2.83. The monoisotopic (exact) mass is 300 g/mol.